The number of cyclic esters (lactones) is 1. The highest BCUT2D eigenvalue weighted by Gasteiger charge is 2.58. The van der Waals surface area contributed by atoms with Crippen molar-refractivity contribution in [2.24, 2.45) is 0 Å². The van der Waals surface area contributed by atoms with Gasteiger partial charge in [-0.05, 0) is 26.3 Å². The Morgan fingerprint density at radius 3 is 2.59 bits per heavy atom. The van der Waals surface area contributed by atoms with E-state index in [1.54, 1.807) is 30.5 Å². The molecule has 0 spiro atoms. The molecule has 0 amide bonds. The lowest BCUT2D eigenvalue weighted by atomic mass is 9.66. The molecule has 1 aromatic heterocycles. The Kier molecular flexibility index (Phi) is 4.05. The first-order valence-corrected chi connectivity index (χ1v) is 9.25. The molecule has 148 valence electrons. The van der Waals surface area contributed by atoms with E-state index in [-0.39, 0.29) is 17.7 Å². The van der Waals surface area contributed by atoms with E-state index in [1.807, 2.05) is 31.4 Å². The predicted octanol–water partition coefficient (Wildman–Crippen LogP) is 2.81. The number of carbonyl (C=O) groups excluding carboxylic acids is 2. The largest absolute Gasteiger partial charge is 0.468 e. The van der Waals surface area contributed by atoms with Gasteiger partial charge >= 0.3 is 11.9 Å². The molecular weight excluding hydrogens is 370 g/mol. The fraction of sp³-hybridized carbons (Fsp3) is 0.318. The average molecular weight is 391 g/mol. The molecule has 3 heterocycles. The molecule has 0 bridgehead atoms. The molecule has 2 aliphatic heterocycles. The second kappa shape index (κ2) is 6.24. The summed E-state index contributed by atoms with van der Waals surface area (Å²) in [6.07, 6.45) is 1.71. The average Bonchev–Trinajstić information content (AvgIpc) is 3.27. The summed E-state index contributed by atoms with van der Waals surface area (Å²) in [6, 6.07) is 11.1. The second-order valence-electron chi connectivity index (χ2n) is 8.08. The van der Waals surface area contributed by atoms with Gasteiger partial charge in [-0.3, -0.25) is 4.79 Å². The van der Waals surface area contributed by atoms with Crippen LogP contribution in [0, 0.1) is 11.3 Å². The third kappa shape index (κ3) is 2.42. The standard InChI is InChI=1S/C22H21N3O4/c1-21(2,3)25-11-13(10-23)16-18(25)24-15-12-29-19(26)17(15)22(16,20(27)28-4)14-8-6-5-7-9-14/h5-9,11,24H,12H2,1-4H3/t22-/m1/s1. The van der Waals surface area contributed by atoms with Gasteiger partial charge in [0, 0.05) is 17.3 Å². The van der Waals surface area contributed by atoms with Crippen LogP contribution in [0.25, 0.3) is 0 Å². The number of anilines is 1. The number of aromatic nitrogens is 1. The van der Waals surface area contributed by atoms with Crippen LogP contribution < -0.4 is 5.32 Å². The molecule has 2 aliphatic rings. The van der Waals surface area contributed by atoms with Crippen LogP contribution in [0.3, 0.4) is 0 Å². The van der Waals surface area contributed by atoms with Crippen molar-refractivity contribution in [3.63, 3.8) is 0 Å². The maximum Gasteiger partial charge on any atom is 0.338 e. The highest BCUT2D eigenvalue weighted by atomic mass is 16.5. The van der Waals surface area contributed by atoms with Gasteiger partial charge in [-0.15, -0.1) is 0 Å². The Morgan fingerprint density at radius 2 is 2.00 bits per heavy atom. The second-order valence-corrected chi connectivity index (χ2v) is 8.08. The maximum atomic E-state index is 13.5. The number of hydrogen-bond acceptors (Lipinski definition) is 6. The molecule has 0 aliphatic carbocycles. The first-order valence-electron chi connectivity index (χ1n) is 9.25. The summed E-state index contributed by atoms with van der Waals surface area (Å²) in [6.45, 7) is 6.02. The topological polar surface area (TPSA) is 93.3 Å². The maximum absolute atomic E-state index is 13.5. The number of nitrogens with one attached hydrogen (secondary N) is 1. The van der Waals surface area contributed by atoms with E-state index in [2.05, 4.69) is 11.4 Å². The molecule has 0 fully saturated rings. The Morgan fingerprint density at radius 1 is 1.31 bits per heavy atom. The van der Waals surface area contributed by atoms with E-state index in [0.29, 0.717) is 28.2 Å². The zero-order valence-electron chi connectivity index (χ0n) is 16.7. The number of nitrogens with zero attached hydrogens (tertiary/aromatic N) is 2. The zero-order chi connectivity index (χ0) is 21.0. The number of esters is 2. The van der Waals surface area contributed by atoms with Crippen molar-refractivity contribution in [1.29, 1.82) is 5.26 Å². The van der Waals surface area contributed by atoms with E-state index in [1.165, 1.54) is 7.11 Å². The van der Waals surface area contributed by atoms with E-state index >= 15 is 0 Å². The summed E-state index contributed by atoms with van der Waals surface area (Å²) >= 11 is 0. The zero-order valence-corrected chi connectivity index (χ0v) is 16.7. The van der Waals surface area contributed by atoms with Gasteiger partial charge in [-0.25, -0.2) is 4.79 Å². The molecule has 4 rings (SSSR count). The molecule has 7 nitrogen and oxygen atoms in total. The fourth-order valence-corrected chi connectivity index (χ4v) is 4.23. The monoisotopic (exact) mass is 391 g/mol. The molecule has 2 aromatic rings. The van der Waals surface area contributed by atoms with Crippen LogP contribution in [0.5, 0.6) is 0 Å². The van der Waals surface area contributed by atoms with Gasteiger partial charge in [-0.1, -0.05) is 30.3 Å². The summed E-state index contributed by atoms with van der Waals surface area (Å²) in [7, 11) is 1.28. The summed E-state index contributed by atoms with van der Waals surface area (Å²) in [5.41, 5.74) is -0.0541. The van der Waals surface area contributed by atoms with Crippen LogP contribution in [-0.4, -0.2) is 30.2 Å². The third-order valence-corrected chi connectivity index (χ3v) is 5.42. The van der Waals surface area contributed by atoms with Crippen LogP contribution >= 0.6 is 0 Å². The smallest absolute Gasteiger partial charge is 0.338 e. The van der Waals surface area contributed by atoms with E-state index in [9.17, 15) is 14.9 Å². The van der Waals surface area contributed by atoms with Gasteiger partial charge in [0.1, 0.15) is 18.5 Å². The number of rotatable bonds is 2. The number of carbonyl (C=O) groups is 2. The van der Waals surface area contributed by atoms with Crippen LogP contribution in [0.4, 0.5) is 5.82 Å². The summed E-state index contributed by atoms with van der Waals surface area (Å²) in [4.78, 5) is 26.3. The SMILES string of the molecule is COC(=O)[C@@]1(c2ccccc2)C2=C(COC2=O)Nc2c1c(C#N)cn2C(C)(C)C. The van der Waals surface area contributed by atoms with Crippen molar-refractivity contribution >= 4 is 17.8 Å². The first kappa shape index (κ1) is 18.8. The molecular formula is C22H21N3O4. The van der Waals surface area contributed by atoms with Crippen molar-refractivity contribution in [2.75, 3.05) is 19.0 Å². The van der Waals surface area contributed by atoms with Crippen molar-refractivity contribution in [3.05, 3.63) is 64.5 Å². The van der Waals surface area contributed by atoms with Gasteiger partial charge in [0.05, 0.1) is 23.9 Å². The normalized spacial score (nSPS) is 20.3. The molecule has 0 saturated carbocycles. The quantitative estimate of drug-likeness (QED) is 0.792. The van der Waals surface area contributed by atoms with Gasteiger partial charge in [-0.2, -0.15) is 5.26 Å². The minimum absolute atomic E-state index is 0.0242. The van der Waals surface area contributed by atoms with E-state index in [0.717, 1.165) is 0 Å². The van der Waals surface area contributed by atoms with E-state index in [4.69, 9.17) is 9.47 Å². The molecule has 0 saturated heterocycles. The van der Waals surface area contributed by atoms with Crippen LogP contribution in [0.2, 0.25) is 0 Å². The van der Waals surface area contributed by atoms with Crippen LogP contribution in [0.1, 0.15) is 37.5 Å². The number of fused-ring (bicyclic) bond motifs is 1. The Labute approximate surface area is 168 Å². The molecule has 29 heavy (non-hydrogen) atoms. The number of benzene rings is 1. The Hall–Kier alpha value is -3.53. The minimum atomic E-state index is -1.60. The Bertz CT molecular complexity index is 1100. The highest BCUT2D eigenvalue weighted by molar-refractivity contribution is 6.09. The highest BCUT2D eigenvalue weighted by Crippen LogP contribution is 2.52. The minimum Gasteiger partial charge on any atom is -0.468 e. The molecule has 0 radical (unpaired) electrons. The van der Waals surface area contributed by atoms with Crippen molar-refractivity contribution in [2.45, 2.75) is 31.7 Å². The first-order chi connectivity index (χ1) is 13.8. The molecule has 1 atom stereocenters. The Balaban J connectivity index is 2.20. The predicted molar refractivity (Wildman–Crippen MR) is 105 cm³/mol. The van der Waals surface area contributed by atoms with Crippen molar-refractivity contribution < 1.29 is 19.1 Å². The molecule has 7 heteroatoms. The summed E-state index contributed by atoms with van der Waals surface area (Å²) in [5, 5.41) is 13.2. The number of ether oxygens (including phenoxy) is 2. The van der Waals surface area contributed by atoms with Gasteiger partial charge in [0.15, 0.2) is 5.41 Å². The number of hydrogen-bond donors (Lipinski definition) is 1. The summed E-state index contributed by atoms with van der Waals surface area (Å²) < 4.78 is 12.4. The summed E-state index contributed by atoms with van der Waals surface area (Å²) in [5.74, 6) is -0.652. The third-order valence-electron chi connectivity index (χ3n) is 5.42. The fourth-order valence-electron chi connectivity index (χ4n) is 4.23. The molecule has 1 aromatic carbocycles. The lowest BCUT2D eigenvalue weighted by molar-refractivity contribution is -0.147. The van der Waals surface area contributed by atoms with Crippen LogP contribution in [0.15, 0.2) is 47.8 Å². The molecule has 0 unspecified atom stereocenters. The van der Waals surface area contributed by atoms with Gasteiger partial charge in [0.2, 0.25) is 0 Å². The van der Waals surface area contributed by atoms with Gasteiger partial charge in [0.25, 0.3) is 0 Å². The van der Waals surface area contributed by atoms with Crippen molar-refractivity contribution in [3.8, 4) is 6.07 Å². The number of methoxy groups -OCH3 is 1. The molecule has 1 N–H and O–H groups in total. The van der Waals surface area contributed by atoms with Gasteiger partial charge < -0.3 is 19.4 Å². The van der Waals surface area contributed by atoms with Crippen molar-refractivity contribution in [1.82, 2.24) is 4.57 Å². The van der Waals surface area contributed by atoms with Crippen LogP contribution in [-0.2, 0) is 30.0 Å². The van der Waals surface area contributed by atoms with E-state index < -0.39 is 17.4 Å². The lowest BCUT2D eigenvalue weighted by Gasteiger charge is -2.37. The number of nitriles is 1. The lowest BCUT2D eigenvalue weighted by Crippen LogP contribution is -2.46.